The van der Waals surface area contributed by atoms with Gasteiger partial charge in [-0.3, -0.25) is 0 Å². The maximum Gasteiger partial charge on any atom is 0.122 e. The van der Waals surface area contributed by atoms with Crippen LogP contribution < -0.4 is 15.2 Å². The van der Waals surface area contributed by atoms with Crippen LogP contribution in [-0.2, 0) is 6.42 Å². The molecule has 0 bridgehead atoms. The van der Waals surface area contributed by atoms with Crippen LogP contribution in [0.1, 0.15) is 5.56 Å². The van der Waals surface area contributed by atoms with Gasteiger partial charge in [0.15, 0.2) is 0 Å². The Morgan fingerprint density at radius 1 is 0.900 bits per heavy atom. The Balaban J connectivity index is 1.73. The molecule has 20 heavy (non-hydrogen) atoms. The fraction of sp³-hybridized carbons (Fsp3) is 0.250. The Hall–Kier alpha value is -1.71. The number of benzene rings is 2. The van der Waals surface area contributed by atoms with Crippen LogP contribution in [0.15, 0.2) is 48.5 Å². The minimum absolute atomic E-state index is 0.477. The SMILES string of the molecule is NCCc1ccc(OCCOc2cccc(Cl)c2)cc1. The zero-order chi connectivity index (χ0) is 14.2. The van der Waals surface area contributed by atoms with Crippen LogP contribution in [-0.4, -0.2) is 19.8 Å². The Bertz CT molecular complexity index is 528. The zero-order valence-electron chi connectivity index (χ0n) is 11.2. The van der Waals surface area contributed by atoms with Crippen molar-refractivity contribution in [2.24, 2.45) is 5.73 Å². The zero-order valence-corrected chi connectivity index (χ0v) is 12.0. The fourth-order valence-corrected chi connectivity index (χ4v) is 1.98. The molecule has 0 fully saturated rings. The minimum atomic E-state index is 0.477. The molecule has 0 heterocycles. The number of nitrogens with two attached hydrogens (primary N) is 1. The highest BCUT2D eigenvalue weighted by molar-refractivity contribution is 6.30. The molecule has 2 aromatic rings. The average Bonchev–Trinajstić information content (AvgIpc) is 2.46. The topological polar surface area (TPSA) is 44.5 Å². The van der Waals surface area contributed by atoms with Crippen LogP contribution in [0.25, 0.3) is 0 Å². The molecule has 0 aromatic heterocycles. The van der Waals surface area contributed by atoms with E-state index in [0.29, 0.717) is 24.8 Å². The van der Waals surface area contributed by atoms with Crippen molar-refractivity contribution in [3.05, 3.63) is 59.1 Å². The maximum atomic E-state index is 5.87. The summed E-state index contributed by atoms with van der Waals surface area (Å²) in [4.78, 5) is 0. The molecule has 0 amide bonds. The van der Waals surface area contributed by atoms with Gasteiger partial charge in [-0.05, 0) is 48.9 Å². The van der Waals surface area contributed by atoms with Gasteiger partial charge in [0.1, 0.15) is 24.7 Å². The third-order valence-corrected chi connectivity index (χ3v) is 3.01. The normalized spacial score (nSPS) is 10.3. The van der Waals surface area contributed by atoms with E-state index in [9.17, 15) is 0 Å². The maximum absolute atomic E-state index is 5.87. The summed E-state index contributed by atoms with van der Waals surface area (Å²) in [5, 5.41) is 0.666. The van der Waals surface area contributed by atoms with Crippen molar-refractivity contribution in [2.75, 3.05) is 19.8 Å². The van der Waals surface area contributed by atoms with E-state index in [1.165, 1.54) is 5.56 Å². The molecular formula is C16H18ClNO2. The molecule has 0 spiro atoms. The van der Waals surface area contributed by atoms with E-state index < -0.39 is 0 Å². The van der Waals surface area contributed by atoms with Crippen LogP contribution in [0.2, 0.25) is 5.02 Å². The van der Waals surface area contributed by atoms with Gasteiger partial charge < -0.3 is 15.2 Å². The van der Waals surface area contributed by atoms with Gasteiger partial charge in [0.2, 0.25) is 0 Å². The molecule has 2 rings (SSSR count). The summed E-state index contributed by atoms with van der Waals surface area (Å²) in [7, 11) is 0. The van der Waals surface area contributed by atoms with Crippen LogP contribution >= 0.6 is 11.6 Å². The van der Waals surface area contributed by atoms with E-state index in [2.05, 4.69) is 0 Å². The number of hydrogen-bond acceptors (Lipinski definition) is 3. The lowest BCUT2D eigenvalue weighted by molar-refractivity contribution is 0.217. The molecule has 0 saturated heterocycles. The number of ether oxygens (including phenoxy) is 2. The van der Waals surface area contributed by atoms with E-state index in [1.807, 2.05) is 42.5 Å². The summed E-state index contributed by atoms with van der Waals surface area (Å²) in [6.45, 7) is 1.63. The first kappa shape index (κ1) is 14.7. The highest BCUT2D eigenvalue weighted by atomic mass is 35.5. The second-order valence-corrected chi connectivity index (χ2v) is 4.77. The standard InChI is InChI=1S/C16H18ClNO2/c17-14-2-1-3-16(12-14)20-11-10-19-15-6-4-13(5-7-15)8-9-18/h1-7,12H,8-11,18H2. The highest BCUT2D eigenvalue weighted by Crippen LogP contribution is 2.17. The number of hydrogen-bond donors (Lipinski definition) is 1. The van der Waals surface area contributed by atoms with E-state index in [1.54, 1.807) is 6.07 Å². The molecule has 0 aliphatic carbocycles. The van der Waals surface area contributed by atoms with Crippen molar-refractivity contribution < 1.29 is 9.47 Å². The second kappa shape index (κ2) is 7.78. The summed E-state index contributed by atoms with van der Waals surface area (Å²) in [5.41, 5.74) is 6.72. The summed E-state index contributed by atoms with van der Waals surface area (Å²) in [6.07, 6.45) is 0.887. The Labute approximate surface area is 124 Å². The lowest BCUT2D eigenvalue weighted by Crippen LogP contribution is -2.09. The molecule has 0 atom stereocenters. The van der Waals surface area contributed by atoms with E-state index >= 15 is 0 Å². The van der Waals surface area contributed by atoms with Gasteiger partial charge in [-0.2, -0.15) is 0 Å². The predicted molar refractivity (Wildman–Crippen MR) is 81.6 cm³/mol. The van der Waals surface area contributed by atoms with Crippen molar-refractivity contribution >= 4 is 11.6 Å². The van der Waals surface area contributed by atoms with Crippen LogP contribution in [0.5, 0.6) is 11.5 Å². The van der Waals surface area contributed by atoms with Crippen molar-refractivity contribution in [3.63, 3.8) is 0 Å². The average molecular weight is 292 g/mol. The molecule has 106 valence electrons. The Kier molecular flexibility index (Phi) is 5.71. The Morgan fingerprint density at radius 3 is 2.25 bits per heavy atom. The Morgan fingerprint density at radius 2 is 1.60 bits per heavy atom. The summed E-state index contributed by atoms with van der Waals surface area (Å²) in [5.74, 6) is 1.58. The first-order chi connectivity index (χ1) is 9.78. The van der Waals surface area contributed by atoms with Gasteiger partial charge >= 0.3 is 0 Å². The van der Waals surface area contributed by atoms with Gasteiger partial charge in [-0.15, -0.1) is 0 Å². The molecule has 0 radical (unpaired) electrons. The smallest absolute Gasteiger partial charge is 0.122 e. The van der Waals surface area contributed by atoms with Gasteiger partial charge in [0.25, 0.3) is 0 Å². The molecule has 0 saturated carbocycles. The van der Waals surface area contributed by atoms with Crippen LogP contribution in [0.4, 0.5) is 0 Å². The number of rotatable bonds is 7. The predicted octanol–water partition coefficient (Wildman–Crippen LogP) is 3.30. The van der Waals surface area contributed by atoms with Crippen molar-refractivity contribution in [1.29, 1.82) is 0 Å². The summed E-state index contributed by atoms with van der Waals surface area (Å²) < 4.78 is 11.1. The third kappa shape index (κ3) is 4.76. The fourth-order valence-electron chi connectivity index (χ4n) is 1.79. The van der Waals surface area contributed by atoms with Crippen LogP contribution in [0.3, 0.4) is 0 Å². The van der Waals surface area contributed by atoms with E-state index in [4.69, 9.17) is 26.8 Å². The molecule has 2 N–H and O–H groups in total. The third-order valence-electron chi connectivity index (χ3n) is 2.77. The van der Waals surface area contributed by atoms with Gasteiger partial charge in [-0.25, -0.2) is 0 Å². The van der Waals surface area contributed by atoms with E-state index in [-0.39, 0.29) is 0 Å². The second-order valence-electron chi connectivity index (χ2n) is 4.34. The lowest BCUT2D eigenvalue weighted by Gasteiger charge is -2.09. The molecule has 0 aliphatic heterocycles. The molecular weight excluding hydrogens is 274 g/mol. The number of halogens is 1. The first-order valence-corrected chi connectivity index (χ1v) is 6.96. The molecule has 3 nitrogen and oxygen atoms in total. The first-order valence-electron chi connectivity index (χ1n) is 6.58. The highest BCUT2D eigenvalue weighted by Gasteiger charge is 1.97. The van der Waals surface area contributed by atoms with Gasteiger partial charge in [-0.1, -0.05) is 29.8 Å². The van der Waals surface area contributed by atoms with Crippen molar-refractivity contribution in [1.82, 2.24) is 0 Å². The van der Waals surface area contributed by atoms with Gasteiger partial charge in [0.05, 0.1) is 0 Å². The van der Waals surface area contributed by atoms with Crippen molar-refractivity contribution in [3.8, 4) is 11.5 Å². The summed E-state index contributed by atoms with van der Waals surface area (Å²) >= 11 is 5.87. The molecule has 4 heteroatoms. The molecule has 0 unspecified atom stereocenters. The summed E-state index contributed by atoms with van der Waals surface area (Å²) in [6, 6.07) is 15.3. The minimum Gasteiger partial charge on any atom is -0.490 e. The molecule has 2 aromatic carbocycles. The molecule has 0 aliphatic rings. The monoisotopic (exact) mass is 291 g/mol. The quantitative estimate of drug-likeness (QED) is 0.796. The van der Waals surface area contributed by atoms with E-state index in [0.717, 1.165) is 17.9 Å². The van der Waals surface area contributed by atoms with Crippen LogP contribution in [0, 0.1) is 0 Å². The lowest BCUT2D eigenvalue weighted by atomic mass is 10.1. The van der Waals surface area contributed by atoms with Crippen molar-refractivity contribution in [2.45, 2.75) is 6.42 Å². The largest absolute Gasteiger partial charge is 0.490 e. The van der Waals surface area contributed by atoms with Gasteiger partial charge in [0, 0.05) is 5.02 Å².